The second kappa shape index (κ2) is 6.19. The van der Waals surface area contributed by atoms with Crippen molar-refractivity contribution in [3.05, 3.63) is 28.2 Å². The van der Waals surface area contributed by atoms with Crippen LogP contribution in [0.1, 0.15) is 23.2 Å². The zero-order chi connectivity index (χ0) is 12.0. The van der Waals surface area contributed by atoms with E-state index >= 15 is 0 Å². The Labute approximate surface area is 103 Å². The van der Waals surface area contributed by atoms with Crippen molar-refractivity contribution >= 4 is 21.8 Å². The van der Waals surface area contributed by atoms with E-state index in [0.29, 0.717) is 23.0 Å². The van der Waals surface area contributed by atoms with E-state index in [1.165, 1.54) is 6.07 Å². The standard InChI is InChI=1S/C12H12BrNO2/c1-2-3-4-7-14-12(16)9-5-6-10(13)11(15)8-9/h1,5-6,8,15H,3-4,7H2,(H,14,16). The molecule has 1 rings (SSSR count). The van der Waals surface area contributed by atoms with Gasteiger partial charge in [-0.15, -0.1) is 12.3 Å². The number of carbonyl (C=O) groups excluding carboxylic acids is 1. The van der Waals surface area contributed by atoms with E-state index < -0.39 is 0 Å². The van der Waals surface area contributed by atoms with Crippen LogP contribution in [0, 0.1) is 12.3 Å². The maximum absolute atomic E-state index is 11.6. The largest absolute Gasteiger partial charge is 0.507 e. The van der Waals surface area contributed by atoms with Crippen LogP contribution in [0.25, 0.3) is 0 Å². The number of halogens is 1. The Hall–Kier alpha value is -1.47. The van der Waals surface area contributed by atoms with Gasteiger partial charge in [0, 0.05) is 18.5 Å². The zero-order valence-corrected chi connectivity index (χ0v) is 10.3. The Morgan fingerprint density at radius 1 is 1.56 bits per heavy atom. The molecule has 84 valence electrons. The molecule has 0 atom stereocenters. The summed E-state index contributed by atoms with van der Waals surface area (Å²) in [5, 5.41) is 12.1. The summed E-state index contributed by atoms with van der Waals surface area (Å²) in [5.41, 5.74) is 0.432. The van der Waals surface area contributed by atoms with Gasteiger partial charge in [0.2, 0.25) is 0 Å². The first kappa shape index (κ1) is 12.6. The van der Waals surface area contributed by atoms with E-state index in [-0.39, 0.29) is 11.7 Å². The molecule has 3 nitrogen and oxygen atoms in total. The zero-order valence-electron chi connectivity index (χ0n) is 8.66. The molecule has 0 fully saturated rings. The lowest BCUT2D eigenvalue weighted by Gasteiger charge is -2.05. The number of phenols is 1. The Bertz CT molecular complexity index is 424. The predicted octanol–water partition coefficient (Wildman–Crippen LogP) is 2.30. The molecule has 0 unspecified atom stereocenters. The van der Waals surface area contributed by atoms with Crippen LogP contribution in [-0.4, -0.2) is 17.6 Å². The highest BCUT2D eigenvalue weighted by atomic mass is 79.9. The second-order valence-electron chi connectivity index (χ2n) is 3.23. The van der Waals surface area contributed by atoms with E-state index in [1.807, 2.05) is 0 Å². The highest BCUT2D eigenvalue weighted by Gasteiger charge is 2.07. The monoisotopic (exact) mass is 281 g/mol. The number of hydrogen-bond acceptors (Lipinski definition) is 2. The average molecular weight is 282 g/mol. The van der Waals surface area contributed by atoms with Crippen molar-refractivity contribution in [2.24, 2.45) is 0 Å². The fourth-order valence-corrected chi connectivity index (χ4v) is 1.39. The van der Waals surface area contributed by atoms with Crippen LogP contribution in [-0.2, 0) is 0 Å². The summed E-state index contributed by atoms with van der Waals surface area (Å²) < 4.78 is 0.566. The Morgan fingerprint density at radius 3 is 2.94 bits per heavy atom. The van der Waals surface area contributed by atoms with E-state index in [4.69, 9.17) is 6.42 Å². The van der Waals surface area contributed by atoms with Crippen LogP contribution in [0.3, 0.4) is 0 Å². The molecule has 1 aromatic rings. The fraction of sp³-hybridized carbons (Fsp3) is 0.250. The van der Waals surface area contributed by atoms with Gasteiger partial charge in [0.15, 0.2) is 0 Å². The van der Waals surface area contributed by atoms with E-state index in [1.54, 1.807) is 12.1 Å². The Balaban J connectivity index is 2.53. The number of amides is 1. The van der Waals surface area contributed by atoms with E-state index in [9.17, 15) is 9.90 Å². The first-order chi connectivity index (χ1) is 7.65. The van der Waals surface area contributed by atoms with Gasteiger partial charge in [-0.1, -0.05) is 0 Å². The number of nitrogens with one attached hydrogen (secondary N) is 1. The molecule has 0 radical (unpaired) electrons. The Morgan fingerprint density at radius 2 is 2.31 bits per heavy atom. The molecule has 0 aliphatic heterocycles. The summed E-state index contributed by atoms with van der Waals surface area (Å²) >= 11 is 3.15. The molecule has 16 heavy (non-hydrogen) atoms. The minimum Gasteiger partial charge on any atom is -0.507 e. The van der Waals surface area contributed by atoms with Crippen LogP contribution in [0.2, 0.25) is 0 Å². The van der Waals surface area contributed by atoms with Crippen molar-refractivity contribution in [2.45, 2.75) is 12.8 Å². The number of aromatic hydroxyl groups is 1. The van der Waals surface area contributed by atoms with Crippen LogP contribution in [0.5, 0.6) is 5.75 Å². The van der Waals surface area contributed by atoms with Gasteiger partial charge in [0.05, 0.1) is 4.47 Å². The summed E-state index contributed by atoms with van der Waals surface area (Å²) in [6.45, 7) is 0.542. The summed E-state index contributed by atoms with van der Waals surface area (Å²) in [5.74, 6) is 2.34. The fourth-order valence-electron chi connectivity index (χ4n) is 1.15. The quantitative estimate of drug-likeness (QED) is 0.657. The van der Waals surface area contributed by atoms with Gasteiger partial charge in [-0.2, -0.15) is 0 Å². The second-order valence-corrected chi connectivity index (χ2v) is 4.08. The van der Waals surface area contributed by atoms with Crippen LogP contribution in [0.4, 0.5) is 0 Å². The highest BCUT2D eigenvalue weighted by molar-refractivity contribution is 9.10. The van der Waals surface area contributed by atoms with Gasteiger partial charge < -0.3 is 10.4 Å². The molecule has 0 aromatic heterocycles. The normalized spacial score (nSPS) is 9.50. The Kier molecular flexibility index (Phi) is 4.87. The third-order valence-electron chi connectivity index (χ3n) is 1.99. The maximum Gasteiger partial charge on any atom is 0.251 e. The lowest BCUT2D eigenvalue weighted by molar-refractivity contribution is 0.0953. The molecular formula is C12H12BrNO2. The van der Waals surface area contributed by atoms with Crippen molar-refractivity contribution < 1.29 is 9.90 Å². The number of carbonyl (C=O) groups is 1. The van der Waals surface area contributed by atoms with E-state index in [0.717, 1.165) is 6.42 Å². The van der Waals surface area contributed by atoms with Crippen LogP contribution < -0.4 is 5.32 Å². The van der Waals surface area contributed by atoms with Gasteiger partial charge in [-0.3, -0.25) is 4.79 Å². The number of unbranched alkanes of at least 4 members (excludes halogenated alkanes) is 1. The number of rotatable bonds is 4. The molecule has 0 heterocycles. The number of phenolic OH excluding ortho intramolecular Hbond substituents is 1. The van der Waals surface area contributed by atoms with Crippen molar-refractivity contribution in [1.29, 1.82) is 0 Å². The van der Waals surface area contributed by atoms with Gasteiger partial charge in [0.1, 0.15) is 5.75 Å². The topological polar surface area (TPSA) is 49.3 Å². The third kappa shape index (κ3) is 3.59. The molecular weight excluding hydrogens is 270 g/mol. The molecule has 0 aliphatic rings. The number of terminal acetylenes is 1. The minimum absolute atomic E-state index is 0.0521. The summed E-state index contributed by atoms with van der Waals surface area (Å²) in [6, 6.07) is 4.69. The smallest absolute Gasteiger partial charge is 0.251 e. The van der Waals surface area contributed by atoms with Crippen molar-refractivity contribution in [1.82, 2.24) is 5.32 Å². The molecule has 4 heteroatoms. The predicted molar refractivity (Wildman–Crippen MR) is 66.2 cm³/mol. The molecule has 0 spiro atoms. The van der Waals surface area contributed by atoms with Crippen molar-refractivity contribution in [3.8, 4) is 18.1 Å². The summed E-state index contributed by atoms with van der Waals surface area (Å²) in [4.78, 5) is 11.6. The third-order valence-corrected chi connectivity index (χ3v) is 2.66. The lowest BCUT2D eigenvalue weighted by Crippen LogP contribution is -2.24. The molecule has 0 bridgehead atoms. The summed E-state index contributed by atoms with van der Waals surface area (Å²) in [7, 11) is 0. The number of hydrogen-bond donors (Lipinski definition) is 2. The molecule has 1 aromatic carbocycles. The van der Waals surface area contributed by atoms with Crippen LogP contribution in [0.15, 0.2) is 22.7 Å². The SMILES string of the molecule is C#CCCCNC(=O)c1ccc(Br)c(O)c1. The molecule has 0 aliphatic carbocycles. The van der Waals surface area contributed by atoms with Gasteiger partial charge >= 0.3 is 0 Å². The molecule has 1 amide bonds. The maximum atomic E-state index is 11.6. The van der Waals surface area contributed by atoms with Crippen molar-refractivity contribution in [2.75, 3.05) is 6.54 Å². The summed E-state index contributed by atoms with van der Waals surface area (Å²) in [6.07, 6.45) is 6.49. The first-order valence-electron chi connectivity index (χ1n) is 4.85. The van der Waals surface area contributed by atoms with Gasteiger partial charge in [0.25, 0.3) is 5.91 Å². The van der Waals surface area contributed by atoms with Crippen LogP contribution >= 0.6 is 15.9 Å². The minimum atomic E-state index is -0.208. The highest BCUT2D eigenvalue weighted by Crippen LogP contribution is 2.24. The molecule has 0 saturated carbocycles. The van der Waals surface area contributed by atoms with Gasteiger partial charge in [-0.05, 0) is 40.5 Å². The van der Waals surface area contributed by atoms with Gasteiger partial charge in [-0.25, -0.2) is 0 Å². The lowest BCUT2D eigenvalue weighted by atomic mass is 10.2. The molecule has 0 saturated heterocycles. The van der Waals surface area contributed by atoms with Crippen molar-refractivity contribution in [3.63, 3.8) is 0 Å². The average Bonchev–Trinajstić information content (AvgIpc) is 2.28. The molecule has 2 N–H and O–H groups in total. The first-order valence-corrected chi connectivity index (χ1v) is 5.64. The number of benzene rings is 1. The van der Waals surface area contributed by atoms with E-state index in [2.05, 4.69) is 27.2 Å².